The van der Waals surface area contributed by atoms with Crippen LogP contribution in [0.5, 0.6) is 23.0 Å². The Morgan fingerprint density at radius 2 is 1.74 bits per heavy atom. The molecule has 1 amide bonds. The molecule has 1 N–H and O–H groups in total. The highest BCUT2D eigenvalue weighted by Crippen LogP contribution is 2.43. The van der Waals surface area contributed by atoms with Crippen molar-refractivity contribution in [1.29, 1.82) is 0 Å². The second kappa shape index (κ2) is 13.4. The molecular weight excluding hydrogens is 502 g/mol. The van der Waals surface area contributed by atoms with E-state index in [0.717, 1.165) is 19.3 Å². The molecule has 9 nitrogen and oxygen atoms in total. The fourth-order valence-electron chi connectivity index (χ4n) is 4.80. The molecular formula is C30H37NO8. The summed E-state index contributed by atoms with van der Waals surface area (Å²) in [6, 6.07) is 9.54. The Hall–Kier alpha value is -3.72. The minimum Gasteiger partial charge on any atom is -0.507 e. The number of aliphatic hydroxyl groups is 1. The molecule has 9 heteroatoms. The van der Waals surface area contributed by atoms with Crippen molar-refractivity contribution in [1.82, 2.24) is 4.90 Å². The molecule has 0 saturated carbocycles. The molecule has 39 heavy (non-hydrogen) atoms. The number of ether oxygens (including phenoxy) is 5. The first-order valence-corrected chi connectivity index (χ1v) is 13.6. The van der Waals surface area contributed by atoms with E-state index in [-0.39, 0.29) is 17.9 Å². The number of rotatable bonds is 13. The van der Waals surface area contributed by atoms with E-state index < -0.39 is 17.7 Å². The number of ketones is 1. The van der Waals surface area contributed by atoms with Crippen molar-refractivity contribution in [2.24, 2.45) is 0 Å². The van der Waals surface area contributed by atoms with Gasteiger partial charge in [0.25, 0.3) is 11.7 Å². The monoisotopic (exact) mass is 539 g/mol. The van der Waals surface area contributed by atoms with Crippen molar-refractivity contribution in [3.63, 3.8) is 0 Å². The first-order valence-electron chi connectivity index (χ1n) is 13.6. The molecule has 4 rings (SSSR count). The quantitative estimate of drug-likeness (QED) is 0.166. The lowest BCUT2D eigenvalue weighted by molar-refractivity contribution is -0.140. The summed E-state index contributed by atoms with van der Waals surface area (Å²) in [6.45, 7) is 6.51. The number of methoxy groups -OCH3 is 1. The van der Waals surface area contributed by atoms with Crippen molar-refractivity contribution in [3.05, 3.63) is 53.1 Å². The number of aliphatic hydroxyl groups excluding tert-OH is 1. The van der Waals surface area contributed by atoms with Crippen LogP contribution in [0, 0.1) is 0 Å². The smallest absolute Gasteiger partial charge is 0.295 e. The zero-order valence-corrected chi connectivity index (χ0v) is 22.9. The number of likely N-dealkylation sites (tertiary alicyclic amines) is 1. The van der Waals surface area contributed by atoms with E-state index in [1.54, 1.807) is 37.4 Å². The molecule has 2 aromatic rings. The van der Waals surface area contributed by atoms with Gasteiger partial charge in [-0.3, -0.25) is 9.59 Å². The number of nitrogens with zero attached hydrogens (tertiary/aromatic N) is 1. The number of Topliss-reactive ketones (excluding diaryl/α,β-unsaturated/α-hetero) is 1. The molecule has 2 aromatic carbocycles. The predicted molar refractivity (Wildman–Crippen MR) is 146 cm³/mol. The highest BCUT2D eigenvalue weighted by atomic mass is 16.6. The predicted octanol–water partition coefficient (Wildman–Crippen LogP) is 4.88. The third-order valence-corrected chi connectivity index (χ3v) is 6.69. The summed E-state index contributed by atoms with van der Waals surface area (Å²) in [5.74, 6) is 0.455. The summed E-state index contributed by atoms with van der Waals surface area (Å²) in [6.07, 6.45) is 3.61. The summed E-state index contributed by atoms with van der Waals surface area (Å²) >= 11 is 0. The van der Waals surface area contributed by atoms with Crippen LogP contribution in [0.3, 0.4) is 0 Å². The first-order chi connectivity index (χ1) is 19.0. The lowest BCUT2D eigenvalue weighted by Gasteiger charge is -2.26. The van der Waals surface area contributed by atoms with Crippen LogP contribution < -0.4 is 18.9 Å². The van der Waals surface area contributed by atoms with Gasteiger partial charge < -0.3 is 33.7 Å². The fourth-order valence-corrected chi connectivity index (χ4v) is 4.80. The Morgan fingerprint density at radius 3 is 2.49 bits per heavy atom. The Labute approximate surface area is 229 Å². The van der Waals surface area contributed by atoms with E-state index in [0.29, 0.717) is 73.6 Å². The molecule has 0 radical (unpaired) electrons. The van der Waals surface area contributed by atoms with Crippen molar-refractivity contribution in [2.75, 3.05) is 46.7 Å². The molecule has 1 saturated heterocycles. The summed E-state index contributed by atoms with van der Waals surface area (Å²) in [4.78, 5) is 28.1. The van der Waals surface area contributed by atoms with Crippen LogP contribution in [0.1, 0.15) is 56.7 Å². The van der Waals surface area contributed by atoms with Gasteiger partial charge in [0.15, 0.2) is 23.0 Å². The number of carbonyl (C=O) groups is 2. The number of hydrogen-bond donors (Lipinski definition) is 1. The zero-order chi connectivity index (χ0) is 27.8. The standard InChI is InChI=1S/C30H37NO8/c1-4-6-7-15-37-22-11-9-20(18-24(22)36-5-2)27-26(29(33)30(34)31(27)13-8-14-35-3)28(32)21-10-12-23-25(19-21)39-17-16-38-23/h9-12,18-19,27,32H,4-8,13-17H2,1-3H3/t27-/m0/s1. The summed E-state index contributed by atoms with van der Waals surface area (Å²) in [7, 11) is 1.58. The normalized spacial score (nSPS) is 17.9. The van der Waals surface area contributed by atoms with Gasteiger partial charge in [-0.05, 0) is 55.7 Å². The van der Waals surface area contributed by atoms with Crippen LogP contribution in [-0.4, -0.2) is 68.4 Å². The lowest BCUT2D eigenvalue weighted by atomic mass is 9.94. The average Bonchev–Trinajstić information content (AvgIpc) is 3.20. The molecule has 0 spiro atoms. The molecule has 2 aliphatic rings. The second-order valence-corrected chi connectivity index (χ2v) is 9.39. The van der Waals surface area contributed by atoms with Crippen LogP contribution in [0.25, 0.3) is 5.76 Å². The van der Waals surface area contributed by atoms with Gasteiger partial charge in [-0.25, -0.2) is 0 Å². The maximum Gasteiger partial charge on any atom is 0.295 e. The van der Waals surface area contributed by atoms with E-state index in [2.05, 4.69) is 6.92 Å². The number of fused-ring (bicyclic) bond motifs is 1. The van der Waals surface area contributed by atoms with E-state index in [4.69, 9.17) is 23.7 Å². The van der Waals surface area contributed by atoms with Gasteiger partial charge in [0.05, 0.1) is 24.8 Å². The van der Waals surface area contributed by atoms with E-state index >= 15 is 0 Å². The van der Waals surface area contributed by atoms with E-state index in [1.807, 2.05) is 13.0 Å². The maximum absolute atomic E-state index is 13.4. The van der Waals surface area contributed by atoms with Gasteiger partial charge in [0.1, 0.15) is 19.0 Å². The van der Waals surface area contributed by atoms with Gasteiger partial charge >= 0.3 is 0 Å². The molecule has 0 bridgehead atoms. The molecule has 1 atom stereocenters. The second-order valence-electron chi connectivity index (χ2n) is 9.39. The van der Waals surface area contributed by atoms with Gasteiger partial charge in [-0.15, -0.1) is 0 Å². The average molecular weight is 540 g/mol. The summed E-state index contributed by atoms with van der Waals surface area (Å²) in [5.41, 5.74) is 1.00. The largest absolute Gasteiger partial charge is 0.507 e. The summed E-state index contributed by atoms with van der Waals surface area (Å²) < 4.78 is 28.3. The van der Waals surface area contributed by atoms with Crippen LogP contribution in [0.4, 0.5) is 0 Å². The maximum atomic E-state index is 13.4. The van der Waals surface area contributed by atoms with Gasteiger partial charge in [0.2, 0.25) is 0 Å². The molecule has 2 heterocycles. The summed E-state index contributed by atoms with van der Waals surface area (Å²) in [5, 5.41) is 11.4. The van der Waals surface area contributed by atoms with Crippen LogP contribution >= 0.6 is 0 Å². The molecule has 0 aliphatic carbocycles. The van der Waals surface area contributed by atoms with Crippen molar-refractivity contribution < 1.29 is 38.4 Å². The van der Waals surface area contributed by atoms with Gasteiger partial charge in [0, 0.05) is 25.8 Å². The minimum atomic E-state index is -0.816. The molecule has 2 aliphatic heterocycles. The van der Waals surface area contributed by atoms with E-state index in [1.165, 1.54) is 4.90 Å². The number of amides is 1. The topological polar surface area (TPSA) is 104 Å². The van der Waals surface area contributed by atoms with Crippen LogP contribution in [-0.2, 0) is 14.3 Å². The fraction of sp³-hybridized carbons (Fsp3) is 0.467. The lowest BCUT2D eigenvalue weighted by Crippen LogP contribution is -2.31. The Balaban J connectivity index is 1.76. The minimum absolute atomic E-state index is 0.00755. The Bertz CT molecular complexity index is 1210. The van der Waals surface area contributed by atoms with Gasteiger partial charge in [-0.1, -0.05) is 25.8 Å². The van der Waals surface area contributed by atoms with Crippen LogP contribution in [0.2, 0.25) is 0 Å². The Morgan fingerprint density at radius 1 is 0.949 bits per heavy atom. The molecule has 210 valence electrons. The third-order valence-electron chi connectivity index (χ3n) is 6.69. The van der Waals surface area contributed by atoms with Crippen LogP contribution in [0.15, 0.2) is 42.0 Å². The number of unbranched alkanes of at least 4 members (excludes halogenated alkanes) is 2. The number of carbonyl (C=O) groups excluding carboxylic acids is 2. The van der Waals surface area contributed by atoms with Gasteiger partial charge in [-0.2, -0.15) is 0 Å². The molecule has 1 fully saturated rings. The van der Waals surface area contributed by atoms with Crippen molar-refractivity contribution in [2.45, 2.75) is 45.6 Å². The molecule has 0 unspecified atom stereocenters. The number of benzene rings is 2. The van der Waals surface area contributed by atoms with E-state index in [9.17, 15) is 14.7 Å². The molecule has 0 aromatic heterocycles. The highest BCUT2D eigenvalue weighted by Gasteiger charge is 2.46. The van der Waals surface area contributed by atoms with Crippen molar-refractivity contribution in [3.8, 4) is 23.0 Å². The van der Waals surface area contributed by atoms with Crippen molar-refractivity contribution >= 4 is 17.4 Å². The Kier molecular flexibility index (Phi) is 9.70. The first kappa shape index (κ1) is 28.3. The zero-order valence-electron chi connectivity index (χ0n) is 22.9. The number of hydrogen-bond acceptors (Lipinski definition) is 8. The third kappa shape index (κ3) is 6.30. The SMILES string of the molecule is CCCCCOc1ccc([C@H]2C(=C(O)c3ccc4c(c3)OCCO4)C(=O)C(=O)N2CCCOC)cc1OCC. The highest BCUT2D eigenvalue weighted by molar-refractivity contribution is 6.46.